The van der Waals surface area contributed by atoms with Gasteiger partial charge in [0.05, 0.1) is 31.9 Å². The van der Waals surface area contributed by atoms with Crippen LogP contribution in [0.5, 0.6) is 11.5 Å². The highest BCUT2D eigenvalue weighted by Gasteiger charge is 2.40. The predicted octanol–water partition coefficient (Wildman–Crippen LogP) is 1.71. The number of sulfonamides is 1. The van der Waals surface area contributed by atoms with Gasteiger partial charge in [-0.3, -0.25) is 4.79 Å². The van der Waals surface area contributed by atoms with Gasteiger partial charge in [-0.15, -0.1) is 0 Å². The van der Waals surface area contributed by atoms with Gasteiger partial charge >= 0.3 is 5.97 Å². The molecule has 0 saturated carbocycles. The molecule has 27 heavy (non-hydrogen) atoms. The molecule has 8 nitrogen and oxygen atoms in total. The molecule has 9 heteroatoms. The number of carbonyl (C=O) groups excluding carboxylic acids is 2. The zero-order valence-corrected chi connectivity index (χ0v) is 15.5. The molecule has 0 saturated heterocycles. The fraction of sp³-hybridized carbons (Fsp3) is 0.222. The molecule has 0 unspecified atom stereocenters. The zero-order valence-electron chi connectivity index (χ0n) is 14.7. The SMILES string of the molecule is COc1cc(OC)cc(C(=O)OCCN2C(=O)c3ccccc3S2(=O)=O)c1. The molecule has 3 rings (SSSR count). The largest absolute Gasteiger partial charge is 0.497 e. The Kier molecular flexibility index (Phi) is 5.04. The van der Waals surface area contributed by atoms with Gasteiger partial charge in [0, 0.05) is 6.07 Å². The highest BCUT2D eigenvalue weighted by molar-refractivity contribution is 7.90. The van der Waals surface area contributed by atoms with E-state index in [0.29, 0.717) is 15.8 Å². The molecule has 142 valence electrons. The maximum Gasteiger partial charge on any atom is 0.338 e. The van der Waals surface area contributed by atoms with Gasteiger partial charge in [-0.1, -0.05) is 12.1 Å². The Morgan fingerprint density at radius 1 is 1.04 bits per heavy atom. The molecule has 0 radical (unpaired) electrons. The molecule has 0 spiro atoms. The van der Waals surface area contributed by atoms with Crippen molar-refractivity contribution < 1.29 is 32.2 Å². The Morgan fingerprint density at radius 2 is 1.67 bits per heavy atom. The topological polar surface area (TPSA) is 99.2 Å². The second kappa shape index (κ2) is 7.28. The van der Waals surface area contributed by atoms with E-state index in [1.54, 1.807) is 18.2 Å². The monoisotopic (exact) mass is 391 g/mol. The summed E-state index contributed by atoms with van der Waals surface area (Å²) in [6.07, 6.45) is 0. The number of rotatable bonds is 6. The van der Waals surface area contributed by atoms with Gasteiger partial charge in [-0.25, -0.2) is 17.5 Å². The molecule has 0 aromatic heterocycles. The first-order chi connectivity index (χ1) is 12.9. The summed E-state index contributed by atoms with van der Waals surface area (Å²) in [6, 6.07) is 10.5. The molecule has 0 atom stereocenters. The lowest BCUT2D eigenvalue weighted by molar-refractivity contribution is 0.0477. The Balaban J connectivity index is 1.69. The maximum absolute atomic E-state index is 12.4. The van der Waals surface area contributed by atoms with Crippen molar-refractivity contribution in [1.29, 1.82) is 0 Å². The van der Waals surface area contributed by atoms with Gasteiger partial charge in [-0.2, -0.15) is 0 Å². The van der Waals surface area contributed by atoms with Crippen LogP contribution < -0.4 is 9.47 Å². The van der Waals surface area contributed by atoms with Crippen molar-refractivity contribution in [1.82, 2.24) is 4.31 Å². The Hall–Kier alpha value is -3.07. The third-order valence-corrected chi connectivity index (χ3v) is 5.87. The molecular weight excluding hydrogens is 374 g/mol. The number of carbonyl (C=O) groups is 2. The number of benzene rings is 2. The van der Waals surface area contributed by atoms with Crippen LogP contribution in [0, 0.1) is 0 Å². The number of nitrogens with zero attached hydrogens (tertiary/aromatic N) is 1. The fourth-order valence-electron chi connectivity index (χ4n) is 2.68. The van der Waals surface area contributed by atoms with E-state index in [9.17, 15) is 18.0 Å². The van der Waals surface area contributed by atoms with Crippen LogP contribution in [0.4, 0.5) is 0 Å². The Bertz CT molecular complexity index is 978. The number of methoxy groups -OCH3 is 2. The molecule has 2 aromatic rings. The summed E-state index contributed by atoms with van der Waals surface area (Å²) >= 11 is 0. The lowest BCUT2D eigenvalue weighted by atomic mass is 10.2. The van der Waals surface area contributed by atoms with Crippen LogP contribution in [0.3, 0.4) is 0 Å². The van der Waals surface area contributed by atoms with Crippen molar-refractivity contribution >= 4 is 21.9 Å². The number of esters is 1. The number of fused-ring (bicyclic) bond motifs is 1. The summed E-state index contributed by atoms with van der Waals surface area (Å²) in [7, 11) is -1.03. The molecule has 0 aliphatic carbocycles. The van der Waals surface area contributed by atoms with Crippen molar-refractivity contribution in [2.75, 3.05) is 27.4 Å². The number of hydrogen-bond acceptors (Lipinski definition) is 7. The molecule has 0 N–H and O–H groups in total. The van der Waals surface area contributed by atoms with Crippen LogP contribution >= 0.6 is 0 Å². The highest BCUT2D eigenvalue weighted by Crippen LogP contribution is 2.29. The third-order valence-electron chi connectivity index (χ3n) is 4.03. The lowest BCUT2D eigenvalue weighted by Gasteiger charge is -2.15. The first kappa shape index (κ1) is 18.7. The van der Waals surface area contributed by atoms with E-state index in [1.165, 1.54) is 38.5 Å². The van der Waals surface area contributed by atoms with Gasteiger partial charge in [0.15, 0.2) is 0 Å². The summed E-state index contributed by atoms with van der Waals surface area (Å²) in [6.45, 7) is -0.556. The predicted molar refractivity (Wildman–Crippen MR) is 94.5 cm³/mol. The van der Waals surface area contributed by atoms with Gasteiger partial charge in [0.2, 0.25) is 0 Å². The quantitative estimate of drug-likeness (QED) is 0.691. The third kappa shape index (κ3) is 3.45. The van der Waals surface area contributed by atoms with E-state index >= 15 is 0 Å². The van der Waals surface area contributed by atoms with Crippen molar-refractivity contribution in [3.05, 3.63) is 53.6 Å². The maximum atomic E-state index is 12.4. The van der Waals surface area contributed by atoms with Crippen LogP contribution in [0.25, 0.3) is 0 Å². The minimum absolute atomic E-state index is 0.0427. The number of hydrogen-bond donors (Lipinski definition) is 0. The summed E-state index contributed by atoms with van der Waals surface area (Å²) in [5, 5.41) is 0. The molecule has 0 bridgehead atoms. The van der Waals surface area contributed by atoms with E-state index in [0.717, 1.165) is 0 Å². The summed E-state index contributed by atoms with van der Waals surface area (Å²) < 4.78 is 40.9. The molecule has 1 heterocycles. The van der Waals surface area contributed by atoms with E-state index in [4.69, 9.17) is 14.2 Å². The van der Waals surface area contributed by atoms with Crippen molar-refractivity contribution in [3.63, 3.8) is 0 Å². The van der Waals surface area contributed by atoms with E-state index in [-0.39, 0.29) is 29.2 Å². The van der Waals surface area contributed by atoms with E-state index < -0.39 is 21.9 Å². The van der Waals surface area contributed by atoms with Crippen LogP contribution in [-0.4, -0.2) is 52.0 Å². The number of ether oxygens (including phenoxy) is 3. The van der Waals surface area contributed by atoms with Gasteiger partial charge < -0.3 is 14.2 Å². The average molecular weight is 391 g/mol. The first-order valence-electron chi connectivity index (χ1n) is 7.95. The molecule has 1 aliphatic rings. The minimum atomic E-state index is -3.93. The first-order valence-corrected chi connectivity index (χ1v) is 9.39. The normalized spacial score (nSPS) is 14.6. The molecular formula is C18H17NO7S. The van der Waals surface area contributed by atoms with Crippen LogP contribution in [0.1, 0.15) is 20.7 Å². The van der Waals surface area contributed by atoms with Gasteiger partial charge in [0.1, 0.15) is 23.0 Å². The fourth-order valence-corrected chi connectivity index (χ4v) is 4.23. The Morgan fingerprint density at radius 3 is 2.26 bits per heavy atom. The van der Waals surface area contributed by atoms with E-state index in [2.05, 4.69) is 0 Å². The van der Waals surface area contributed by atoms with Gasteiger partial charge in [-0.05, 0) is 24.3 Å². The average Bonchev–Trinajstić information content (AvgIpc) is 2.88. The minimum Gasteiger partial charge on any atom is -0.497 e. The van der Waals surface area contributed by atoms with Crippen LogP contribution in [0.15, 0.2) is 47.4 Å². The molecule has 2 aromatic carbocycles. The van der Waals surface area contributed by atoms with Gasteiger partial charge in [0.25, 0.3) is 15.9 Å². The van der Waals surface area contributed by atoms with Crippen LogP contribution in [-0.2, 0) is 14.8 Å². The van der Waals surface area contributed by atoms with Crippen molar-refractivity contribution in [2.24, 2.45) is 0 Å². The second-order valence-corrected chi connectivity index (χ2v) is 7.45. The Labute approximate surface area is 156 Å². The highest BCUT2D eigenvalue weighted by atomic mass is 32.2. The smallest absolute Gasteiger partial charge is 0.338 e. The van der Waals surface area contributed by atoms with Crippen molar-refractivity contribution in [2.45, 2.75) is 4.90 Å². The molecule has 1 amide bonds. The summed E-state index contributed by atoms with van der Waals surface area (Å²) in [5.74, 6) is -0.499. The van der Waals surface area contributed by atoms with Crippen molar-refractivity contribution in [3.8, 4) is 11.5 Å². The molecule has 0 fully saturated rings. The molecule has 1 aliphatic heterocycles. The second-order valence-electron chi connectivity index (χ2n) is 5.62. The van der Waals surface area contributed by atoms with Crippen LogP contribution in [0.2, 0.25) is 0 Å². The lowest BCUT2D eigenvalue weighted by Crippen LogP contribution is -2.33. The van der Waals surface area contributed by atoms with E-state index in [1.807, 2.05) is 0 Å². The summed E-state index contributed by atoms with van der Waals surface area (Å²) in [4.78, 5) is 24.5. The number of amides is 1. The summed E-state index contributed by atoms with van der Waals surface area (Å²) in [5.41, 5.74) is 0.298. The standard InChI is InChI=1S/C18H17NO7S/c1-24-13-9-12(10-14(11-13)25-2)18(21)26-8-7-19-17(20)15-5-3-4-6-16(15)27(19,22)23/h3-6,9-11H,7-8H2,1-2H3. The zero-order chi connectivity index (χ0) is 19.6.